The molecule has 2 saturated heterocycles. The number of aromatic amines is 1. The monoisotopic (exact) mass is 510 g/mol. The van der Waals surface area contributed by atoms with Gasteiger partial charge in [-0.2, -0.15) is 0 Å². The Morgan fingerprint density at radius 2 is 1.86 bits per heavy atom. The number of nitrogens with zero attached hydrogens (tertiary/aromatic N) is 3. The molecular weight excluding hydrogens is 484 g/mol. The third kappa shape index (κ3) is 3.15. The van der Waals surface area contributed by atoms with Crippen LogP contribution in [-0.4, -0.2) is 62.4 Å². The van der Waals surface area contributed by atoms with Crippen molar-refractivity contribution in [1.82, 2.24) is 19.8 Å². The zero-order chi connectivity index (χ0) is 23.8. The molecule has 2 aromatic heterocycles. The number of thiazole rings is 1. The predicted octanol–water partition coefficient (Wildman–Crippen LogP) is 2.32. The topological polar surface area (TPSA) is 103 Å². The summed E-state index contributed by atoms with van der Waals surface area (Å²) in [5.41, 5.74) is 1.05. The van der Waals surface area contributed by atoms with Gasteiger partial charge in [0.15, 0.2) is 0 Å². The highest BCUT2D eigenvalue weighted by Crippen LogP contribution is 2.68. The quantitative estimate of drug-likeness (QED) is 0.636. The molecule has 0 aromatic carbocycles. The van der Waals surface area contributed by atoms with Crippen molar-refractivity contribution in [2.24, 2.45) is 29.6 Å². The van der Waals surface area contributed by atoms with Gasteiger partial charge in [-0.15, -0.1) is 11.8 Å². The summed E-state index contributed by atoms with van der Waals surface area (Å²) < 4.78 is 0. The first-order chi connectivity index (χ1) is 17.0. The van der Waals surface area contributed by atoms with Crippen LogP contribution in [0.4, 0.5) is 0 Å². The van der Waals surface area contributed by atoms with E-state index in [-0.39, 0.29) is 69.9 Å². The number of imide groups is 1. The predicted molar refractivity (Wildman–Crippen MR) is 130 cm³/mol. The summed E-state index contributed by atoms with van der Waals surface area (Å²) in [6.07, 6.45) is 7.52. The fourth-order valence-electron chi connectivity index (χ4n) is 7.55. The number of nitrogens with one attached hydrogen (secondary N) is 1. The first-order valence-corrected chi connectivity index (χ1v) is 14.1. The van der Waals surface area contributed by atoms with Gasteiger partial charge < -0.3 is 9.88 Å². The van der Waals surface area contributed by atoms with E-state index in [1.165, 1.54) is 16.2 Å². The molecule has 0 radical (unpaired) electrons. The number of hydrogen-bond acceptors (Lipinski definition) is 7. The van der Waals surface area contributed by atoms with Crippen molar-refractivity contribution in [1.29, 1.82) is 0 Å². The van der Waals surface area contributed by atoms with Gasteiger partial charge in [-0.1, -0.05) is 17.4 Å². The summed E-state index contributed by atoms with van der Waals surface area (Å²) in [6, 6.07) is 3.96. The zero-order valence-electron chi connectivity index (χ0n) is 19.1. The molecule has 5 aliphatic rings. The van der Waals surface area contributed by atoms with E-state index < -0.39 is 0 Å². The van der Waals surface area contributed by atoms with Crippen LogP contribution in [0.25, 0.3) is 0 Å². The summed E-state index contributed by atoms with van der Waals surface area (Å²) in [5, 5.41) is 1.05. The Labute approximate surface area is 210 Å². The highest BCUT2D eigenvalue weighted by molar-refractivity contribution is 8.00. The number of H-pyrrole nitrogens is 1. The third-order valence-corrected chi connectivity index (χ3v) is 11.4. The first kappa shape index (κ1) is 21.8. The fraction of sp³-hybridized carbons (Fsp3) is 0.560. The Morgan fingerprint density at radius 1 is 1.09 bits per heavy atom. The minimum Gasteiger partial charge on any atom is -0.341 e. The first-order valence-electron chi connectivity index (χ1n) is 12.5. The number of aromatic nitrogens is 2. The summed E-state index contributed by atoms with van der Waals surface area (Å²) in [5.74, 6) is -0.887. The molecule has 35 heavy (non-hydrogen) atoms. The Morgan fingerprint density at radius 3 is 2.60 bits per heavy atom. The standard InChI is InChI=1S/C25H26N4O4S2/c30-15(28-7-2-1-3-8-28)11-29-23(31)18-13-9-14(19(18)24(29)32)20-17(13)16(12-5-4-6-26-10-12)21-22(34-20)27-25(33)35-21/h4-6,10,13-14,16-20H,1-3,7-9,11H2,(H,27,33). The molecule has 3 amide bonds. The van der Waals surface area contributed by atoms with Crippen LogP contribution >= 0.6 is 23.1 Å². The minimum atomic E-state index is -0.361. The maximum atomic E-state index is 13.6. The van der Waals surface area contributed by atoms with E-state index >= 15 is 0 Å². The lowest BCUT2D eigenvalue weighted by atomic mass is 9.68. The summed E-state index contributed by atoms with van der Waals surface area (Å²) >= 11 is 2.93. The van der Waals surface area contributed by atoms with E-state index in [4.69, 9.17) is 0 Å². The Kier molecular flexibility index (Phi) is 5.00. The van der Waals surface area contributed by atoms with Crippen molar-refractivity contribution < 1.29 is 14.4 Å². The van der Waals surface area contributed by atoms with E-state index in [0.29, 0.717) is 13.1 Å². The van der Waals surface area contributed by atoms with Crippen molar-refractivity contribution in [2.45, 2.75) is 41.9 Å². The van der Waals surface area contributed by atoms with Gasteiger partial charge in [0.25, 0.3) is 0 Å². The molecule has 2 bridgehead atoms. The average Bonchev–Trinajstić information content (AvgIpc) is 3.61. The molecule has 3 aliphatic heterocycles. The number of hydrogen-bond donors (Lipinski definition) is 1. The fourth-order valence-corrected chi connectivity index (χ4v) is 10.4. The summed E-state index contributed by atoms with van der Waals surface area (Å²) in [7, 11) is 0. The largest absolute Gasteiger partial charge is 0.341 e. The molecule has 1 N–H and O–H groups in total. The minimum absolute atomic E-state index is 0.0169. The second kappa shape index (κ2) is 8.03. The van der Waals surface area contributed by atoms with E-state index in [2.05, 4.69) is 9.97 Å². The molecule has 4 fully saturated rings. The lowest BCUT2D eigenvalue weighted by molar-refractivity contribution is -0.147. The molecule has 7 unspecified atom stereocenters. The van der Waals surface area contributed by atoms with Crippen LogP contribution in [0.5, 0.6) is 0 Å². The zero-order valence-corrected chi connectivity index (χ0v) is 20.7. The summed E-state index contributed by atoms with van der Waals surface area (Å²) in [6.45, 7) is 1.29. The highest BCUT2D eigenvalue weighted by Gasteiger charge is 2.69. The molecule has 2 aliphatic carbocycles. The Balaban J connectivity index is 1.22. The van der Waals surface area contributed by atoms with Crippen LogP contribution in [0.1, 0.15) is 42.0 Å². The van der Waals surface area contributed by atoms with Crippen LogP contribution in [0.15, 0.2) is 34.3 Å². The Hall–Kier alpha value is -2.46. The van der Waals surface area contributed by atoms with Gasteiger partial charge in [0.2, 0.25) is 17.7 Å². The number of rotatable bonds is 3. The number of thioether (sulfide) groups is 1. The van der Waals surface area contributed by atoms with Crippen molar-refractivity contribution in [3.8, 4) is 0 Å². The maximum Gasteiger partial charge on any atom is 0.305 e. The third-order valence-electron chi connectivity index (χ3n) is 8.86. The van der Waals surface area contributed by atoms with E-state index in [1.54, 1.807) is 22.9 Å². The molecule has 5 heterocycles. The van der Waals surface area contributed by atoms with E-state index in [9.17, 15) is 19.2 Å². The molecule has 2 aromatic rings. The van der Waals surface area contributed by atoms with Gasteiger partial charge in [0.1, 0.15) is 6.54 Å². The number of likely N-dealkylation sites (tertiary alicyclic amines) is 2. The molecule has 8 nitrogen and oxygen atoms in total. The highest BCUT2D eigenvalue weighted by atomic mass is 32.2. The number of carbonyl (C=O) groups excluding carboxylic acids is 3. The normalized spacial score (nSPS) is 35.3. The number of amides is 3. The van der Waals surface area contributed by atoms with Crippen molar-refractivity contribution in [3.63, 3.8) is 0 Å². The van der Waals surface area contributed by atoms with Crippen LogP contribution in [0.2, 0.25) is 0 Å². The molecular formula is C25H26N4O4S2. The summed E-state index contributed by atoms with van der Waals surface area (Å²) in [4.78, 5) is 63.7. The molecule has 2 saturated carbocycles. The number of fused-ring (bicyclic) bond motifs is 9. The van der Waals surface area contributed by atoms with Gasteiger partial charge in [0, 0.05) is 41.5 Å². The Bertz CT molecular complexity index is 1270. The van der Waals surface area contributed by atoms with Gasteiger partial charge in [0.05, 0.1) is 16.9 Å². The van der Waals surface area contributed by atoms with Gasteiger partial charge in [-0.05, 0) is 55.1 Å². The molecule has 10 heteroatoms. The number of carbonyl (C=O) groups is 3. The van der Waals surface area contributed by atoms with Gasteiger partial charge in [-0.25, -0.2) is 0 Å². The lowest BCUT2D eigenvalue weighted by Gasteiger charge is -2.42. The van der Waals surface area contributed by atoms with E-state index in [0.717, 1.165) is 41.1 Å². The SMILES string of the molecule is O=C(CN1C(=O)C2C3CC(C2C1=O)C1C(c2cccnc2)c2sc(=O)[nH]c2SC31)N1CCCCC1. The molecule has 7 rings (SSSR count). The van der Waals surface area contributed by atoms with Crippen LogP contribution in [-0.2, 0) is 14.4 Å². The molecule has 182 valence electrons. The van der Waals surface area contributed by atoms with Crippen molar-refractivity contribution in [2.75, 3.05) is 19.6 Å². The van der Waals surface area contributed by atoms with Crippen molar-refractivity contribution in [3.05, 3.63) is 44.6 Å². The van der Waals surface area contributed by atoms with Crippen LogP contribution in [0.3, 0.4) is 0 Å². The maximum absolute atomic E-state index is 13.6. The van der Waals surface area contributed by atoms with Gasteiger partial charge >= 0.3 is 4.87 Å². The van der Waals surface area contributed by atoms with Gasteiger partial charge in [-0.3, -0.25) is 29.1 Å². The number of piperidine rings is 1. The van der Waals surface area contributed by atoms with E-state index in [1.807, 2.05) is 18.3 Å². The van der Waals surface area contributed by atoms with Crippen LogP contribution < -0.4 is 4.87 Å². The lowest BCUT2D eigenvalue weighted by Crippen LogP contribution is -2.45. The second-order valence-corrected chi connectivity index (χ2v) is 12.7. The number of pyridine rings is 1. The van der Waals surface area contributed by atoms with Crippen LogP contribution in [0, 0.1) is 29.6 Å². The molecule has 7 atom stereocenters. The molecule has 0 spiro atoms. The van der Waals surface area contributed by atoms with Crippen molar-refractivity contribution >= 4 is 40.8 Å². The average molecular weight is 511 g/mol. The second-order valence-electron chi connectivity index (χ2n) is 10.5. The smallest absolute Gasteiger partial charge is 0.305 e.